The van der Waals surface area contributed by atoms with Gasteiger partial charge in [-0.25, -0.2) is 4.98 Å². The number of halogens is 3. The van der Waals surface area contributed by atoms with E-state index in [1.165, 1.54) is 17.8 Å². The van der Waals surface area contributed by atoms with Gasteiger partial charge in [0, 0.05) is 18.7 Å². The molecule has 0 fully saturated rings. The number of nitrogens with zero attached hydrogens (tertiary/aromatic N) is 3. The number of fused-ring (bicyclic) bond motifs is 2. The lowest BCUT2D eigenvalue weighted by molar-refractivity contribution is -0.137. The first-order valence-corrected chi connectivity index (χ1v) is 9.14. The summed E-state index contributed by atoms with van der Waals surface area (Å²) in [6, 6.07) is 5.34. The van der Waals surface area contributed by atoms with Gasteiger partial charge >= 0.3 is 6.18 Å². The summed E-state index contributed by atoms with van der Waals surface area (Å²) in [6.07, 6.45) is -4.81. The van der Waals surface area contributed by atoms with E-state index < -0.39 is 23.8 Å². The molecule has 2 aliphatic heterocycles. The molecule has 1 atom stereocenters. The molecule has 2 aliphatic rings. The van der Waals surface area contributed by atoms with Crippen LogP contribution in [0.3, 0.4) is 0 Å². The number of imidazole rings is 1. The Morgan fingerprint density at radius 3 is 3.04 bits per heavy atom. The van der Waals surface area contributed by atoms with E-state index in [-0.39, 0.29) is 18.7 Å². The van der Waals surface area contributed by atoms with Gasteiger partial charge in [0.05, 0.1) is 12.0 Å². The minimum Gasteiger partial charge on any atom is -0.489 e. The maximum atomic E-state index is 12.8. The molecule has 0 spiro atoms. The molecule has 1 unspecified atom stereocenters. The molecule has 0 saturated heterocycles. The zero-order valence-electron chi connectivity index (χ0n) is 13.8. The highest BCUT2D eigenvalue weighted by molar-refractivity contribution is 7.99. The number of carbonyl (C=O) groups excluding carboxylic acids is 1. The number of ether oxygens (including phenoxy) is 1. The third-order valence-electron chi connectivity index (χ3n) is 4.38. The van der Waals surface area contributed by atoms with E-state index >= 15 is 0 Å². The van der Waals surface area contributed by atoms with Gasteiger partial charge in [0.15, 0.2) is 16.7 Å². The number of amides is 1. The molecule has 0 saturated carbocycles. The average molecular weight is 394 g/mol. The third-order valence-corrected chi connectivity index (χ3v) is 5.34. The lowest BCUT2D eigenvalue weighted by Gasteiger charge is -2.10. The maximum Gasteiger partial charge on any atom is 0.416 e. The van der Waals surface area contributed by atoms with Gasteiger partial charge in [-0.3, -0.25) is 4.79 Å². The Morgan fingerprint density at radius 1 is 1.48 bits per heavy atom. The van der Waals surface area contributed by atoms with Gasteiger partial charge in [-0.05, 0) is 23.8 Å². The first-order valence-electron chi connectivity index (χ1n) is 8.15. The van der Waals surface area contributed by atoms with Crippen molar-refractivity contribution in [1.82, 2.24) is 9.55 Å². The molecule has 0 aliphatic carbocycles. The second-order valence-electron chi connectivity index (χ2n) is 6.22. The van der Waals surface area contributed by atoms with Gasteiger partial charge in [-0.2, -0.15) is 18.4 Å². The summed E-state index contributed by atoms with van der Waals surface area (Å²) in [4.78, 5) is 16.6. The van der Waals surface area contributed by atoms with Crippen LogP contribution in [0.15, 0.2) is 23.4 Å². The number of nitrogens with one attached hydrogen (secondary N) is 1. The predicted octanol–water partition coefficient (Wildman–Crippen LogP) is 3.21. The molecule has 140 valence electrons. The Hall–Kier alpha value is -2.67. The predicted molar refractivity (Wildman–Crippen MR) is 90.5 cm³/mol. The molecule has 2 aromatic rings. The SMILES string of the molecule is N#Cc1c(NC(=O)CC2Cc3cc(C(F)(F)F)ccc3O2)nc2n1CCS2. The van der Waals surface area contributed by atoms with Crippen LogP contribution in [0.1, 0.15) is 23.2 Å². The van der Waals surface area contributed by atoms with Crippen LogP contribution in [0.2, 0.25) is 0 Å². The fraction of sp³-hybridized carbons (Fsp3) is 0.353. The average Bonchev–Trinajstić information content (AvgIpc) is 3.26. The molecule has 27 heavy (non-hydrogen) atoms. The van der Waals surface area contributed by atoms with E-state index in [0.29, 0.717) is 28.7 Å². The largest absolute Gasteiger partial charge is 0.489 e. The second-order valence-corrected chi connectivity index (χ2v) is 7.28. The Morgan fingerprint density at radius 2 is 2.30 bits per heavy atom. The van der Waals surface area contributed by atoms with Crippen molar-refractivity contribution in [2.75, 3.05) is 11.1 Å². The van der Waals surface area contributed by atoms with Gasteiger partial charge < -0.3 is 14.6 Å². The summed E-state index contributed by atoms with van der Waals surface area (Å²) < 4.78 is 45.7. The van der Waals surface area contributed by atoms with Crippen LogP contribution in [0.25, 0.3) is 0 Å². The normalized spacial score (nSPS) is 17.8. The number of alkyl halides is 3. The third kappa shape index (κ3) is 3.35. The minimum atomic E-state index is -4.42. The molecular formula is C17H13F3N4O2S. The minimum absolute atomic E-state index is 0.0454. The molecule has 10 heteroatoms. The van der Waals surface area contributed by atoms with Crippen LogP contribution >= 0.6 is 11.8 Å². The summed E-state index contributed by atoms with van der Waals surface area (Å²) in [6.45, 7) is 0.661. The van der Waals surface area contributed by atoms with Crippen molar-refractivity contribution in [2.45, 2.75) is 36.8 Å². The molecule has 0 radical (unpaired) electrons. The number of carbonyl (C=O) groups is 1. The van der Waals surface area contributed by atoms with Crippen molar-refractivity contribution in [2.24, 2.45) is 0 Å². The topological polar surface area (TPSA) is 79.9 Å². The summed E-state index contributed by atoms with van der Waals surface area (Å²) in [7, 11) is 0. The Bertz CT molecular complexity index is 964. The second kappa shape index (κ2) is 6.49. The number of rotatable bonds is 3. The quantitative estimate of drug-likeness (QED) is 0.865. The van der Waals surface area contributed by atoms with Crippen LogP contribution in [0, 0.1) is 11.3 Å². The highest BCUT2D eigenvalue weighted by atomic mass is 32.2. The zero-order valence-corrected chi connectivity index (χ0v) is 14.7. The van der Waals surface area contributed by atoms with Crippen molar-refractivity contribution in [3.8, 4) is 11.8 Å². The lowest BCUT2D eigenvalue weighted by atomic mass is 10.0. The highest BCUT2D eigenvalue weighted by Crippen LogP contribution is 2.37. The summed E-state index contributed by atoms with van der Waals surface area (Å²) in [5.41, 5.74) is -0.00913. The van der Waals surface area contributed by atoms with Crippen molar-refractivity contribution in [1.29, 1.82) is 5.26 Å². The van der Waals surface area contributed by atoms with E-state index in [0.717, 1.165) is 17.9 Å². The van der Waals surface area contributed by atoms with E-state index in [9.17, 15) is 23.2 Å². The summed E-state index contributed by atoms with van der Waals surface area (Å²) in [5.74, 6) is 0.997. The van der Waals surface area contributed by atoms with E-state index in [1.807, 2.05) is 6.07 Å². The fourth-order valence-corrected chi connectivity index (χ4v) is 4.13. The molecule has 1 N–H and O–H groups in total. The molecule has 1 aromatic carbocycles. The fourth-order valence-electron chi connectivity index (χ4n) is 3.18. The molecule has 1 amide bonds. The number of anilines is 1. The highest BCUT2D eigenvalue weighted by Gasteiger charge is 2.34. The molecule has 6 nitrogen and oxygen atoms in total. The maximum absolute atomic E-state index is 12.8. The first-order chi connectivity index (χ1) is 12.8. The lowest BCUT2D eigenvalue weighted by Crippen LogP contribution is -2.23. The van der Waals surface area contributed by atoms with Crippen molar-refractivity contribution < 1.29 is 22.7 Å². The molecular weight excluding hydrogens is 381 g/mol. The Kier molecular flexibility index (Phi) is 4.26. The molecule has 1 aromatic heterocycles. The van der Waals surface area contributed by atoms with Crippen molar-refractivity contribution in [3.05, 3.63) is 35.0 Å². The van der Waals surface area contributed by atoms with Crippen molar-refractivity contribution in [3.63, 3.8) is 0 Å². The number of hydrogen-bond acceptors (Lipinski definition) is 5. The number of thioether (sulfide) groups is 1. The van der Waals surface area contributed by atoms with Crippen LogP contribution in [0.5, 0.6) is 5.75 Å². The summed E-state index contributed by atoms with van der Waals surface area (Å²) in [5, 5.41) is 12.6. The number of benzene rings is 1. The standard InChI is InChI=1S/C17H13F3N4O2S/c18-17(19,20)10-1-2-13-9(5-10)6-11(26-13)7-14(25)22-15-12(8-21)24-3-4-27-16(24)23-15/h1-2,5,11H,3-4,6-7H2,(H,22,25). The monoisotopic (exact) mass is 394 g/mol. The van der Waals surface area contributed by atoms with Gasteiger partial charge in [0.2, 0.25) is 5.91 Å². The number of nitriles is 1. The van der Waals surface area contributed by atoms with Gasteiger partial charge in [0.25, 0.3) is 0 Å². The van der Waals surface area contributed by atoms with Crippen molar-refractivity contribution >= 4 is 23.5 Å². The number of hydrogen-bond donors (Lipinski definition) is 1. The summed E-state index contributed by atoms with van der Waals surface area (Å²) >= 11 is 1.51. The van der Waals surface area contributed by atoms with E-state index in [2.05, 4.69) is 10.3 Å². The van der Waals surface area contributed by atoms with Crippen LogP contribution < -0.4 is 10.1 Å². The zero-order chi connectivity index (χ0) is 19.2. The molecule has 3 heterocycles. The van der Waals surface area contributed by atoms with Gasteiger partial charge in [0.1, 0.15) is 17.9 Å². The van der Waals surface area contributed by atoms with Crippen LogP contribution in [-0.2, 0) is 23.9 Å². The van der Waals surface area contributed by atoms with E-state index in [1.54, 1.807) is 4.57 Å². The number of aromatic nitrogens is 2. The van der Waals surface area contributed by atoms with E-state index in [4.69, 9.17) is 4.74 Å². The molecule has 4 rings (SSSR count). The first kappa shape index (κ1) is 17.7. The van der Waals surface area contributed by atoms with Crippen LogP contribution in [0.4, 0.5) is 19.0 Å². The Labute approximate surface area is 156 Å². The van der Waals surface area contributed by atoms with Gasteiger partial charge in [-0.15, -0.1) is 0 Å². The Balaban J connectivity index is 1.42. The van der Waals surface area contributed by atoms with Gasteiger partial charge in [-0.1, -0.05) is 11.8 Å². The smallest absolute Gasteiger partial charge is 0.416 e. The van der Waals surface area contributed by atoms with Crippen LogP contribution in [-0.4, -0.2) is 27.3 Å². The molecule has 0 bridgehead atoms.